The van der Waals surface area contributed by atoms with Crippen LogP contribution >= 0.6 is 0 Å². The van der Waals surface area contributed by atoms with E-state index in [2.05, 4.69) is 5.32 Å². The average molecular weight is 159 g/mol. The minimum absolute atomic E-state index is 0.0793. The summed E-state index contributed by atoms with van der Waals surface area (Å²) in [4.78, 5) is 10.6. The number of nitrogens with one attached hydrogen (secondary N) is 1. The van der Waals surface area contributed by atoms with Gasteiger partial charge < -0.3 is 10.4 Å². The van der Waals surface area contributed by atoms with Crippen LogP contribution in [0.5, 0.6) is 0 Å². The van der Waals surface area contributed by atoms with Gasteiger partial charge in [0, 0.05) is 6.92 Å². The van der Waals surface area contributed by atoms with E-state index in [-0.39, 0.29) is 11.9 Å². The molecule has 0 fully saturated rings. The van der Waals surface area contributed by atoms with Gasteiger partial charge in [-0.15, -0.1) is 0 Å². The highest BCUT2D eigenvalue weighted by Gasteiger charge is 2.15. The van der Waals surface area contributed by atoms with Crippen molar-refractivity contribution in [2.45, 2.75) is 45.8 Å². The lowest BCUT2D eigenvalue weighted by Crippen LogP contribution is -2.41. The fraction of sp³-hybridized carbons (Fsp3) is 0.875. The zero-order valence-corrected chi connectivity index (χ0v) is 7.42. The second-order valence-corrected chi connectivity index (χ2v) is 2.69. The van der Waals surface area contributed by atoms with Crippen molar-refractivity contribution in [2.75, 3.05) is 0 Å². The largest absolute Gasteiger partial charge is 0.391 e. The first-order valence-corrected chi connectivity index (χ1v) is 4.07. The second-order valence-electron chi connectivity index (χ2n) is 2.69. The van der Waals surface area contributed by atoms with Crippen LogP contribution in [0.15, 0.2) is 0 Å². The summed E-state index contributed by atoms with van der Waals surface area (Å²) in [6.07, 6.45) is 1.04. The number of aliphatic hydroxyl groups excluding tert-OH is 1. The summed E-state index contributed by atoms with van der Waals surface area (Å²) >= 11 is 0. The van der Waals surface area contributed by atoms with Crippen molar-refractivity contribution in [3.05, 3.63) is 0 Å². The van der Waals surface area contributed by atoms with Crippen LogP contribution in [-0.2, 0) is 4.79 Å². The van der Waals surface area contributed by atoms with Gasteiger partial charge in [0.15, 0.2) is 0 Å². The summed E-state index contributed by atoms with van der Waals surface area (Å²) in [6, 6.07) is -0.0856. The Kier molecular flexibility index (Phi) is 4.86. The zero-order valence-electron chi connectivity index (χ0n) is 7.42. The quantitative estimate of drug-likeness (QED) is 0.633. The van der Waals surface area contributed by atoms with Gasteiger partial charge in [-0.1, -0.05) is 13.8 Å². The predicted molar refractivity (Wildman–Crippen MR) is 44.2 cm³/mol. The minimum Gasteiger partial charge on any atom is -0.391 e. The van der Waals surface area contributed by atoms with Crippen molar-refractivity contribution in [1.29, 1.82) is 0 Å². The molecule has 0 spiro atoms. The molecule has 0 bridgehead atoms. The lowest BCUT2D eigenvalue weighted by Gasteiger charge is -2.20. The van der Waals surface area contributed by atoms with Crippen LogP contribution in [0.25, 0.3) is 0 Å². The molecule has 0 heterocycles. The highest BCUT2D eigenvalue weighted by atomic mass is 16.3. The lowest BCUT2D eigenvalue weighted by molar-refractivity contribution is -0.120. The Balaban J connectivity index is 3.84. The summed E-state index contributed by atoms with van der Waals surface area (Å²) in [5.41, 5.74) is 0. The molecule has 2 atom stereocenters. The molecule has 2 N–H and O–H groups in total. The van der Waals surface area contributed by atoms with Crippen molar-refractivity contribution in [3.63, 3.8) is 0 Å². The molecule has 0 aromatic rings. The van der Waals surface area contributed by atoms with Crippen LogP contribution in [0.4, 0.5) is 0 Å². The van der Waals surface area contributed by atoms with E-state index in [0.29, 0.717) is 6.42 Å². The topological polar surface area (TPSA) is 49.3 Å². The average Bonchev–Trinajstić information content (AvgIpc) is 1.98. The van der Waals surface area contributed by atoms with Gasteiger partial charge in [-0.3, -0.25) is 4.79 Å². The van der Waals surface area contributed by atoms with E-state index in [1.54, 1.807) is 0 Å². The molecule has 2 unspecified atom stereocenters. The first-order chi connectivity index (χ1) is 5.11. The Morgan fingerprint density at radius 1 is 1.45 bits per heavy atom. The highest BCUT2D eigenvalue weighted by molar-refractivity contribution is 5.73. The number of aliphatic hydroxyl groups is 1. The monoisotopic (exact) mass is 159 g/mol. The standard InChI is InChI=1S/C8H17NO2/c1-4-7(8(11)5-2)9-6(3)10/h7-8,11H,4-5H2,1-3H3,(H,9,10). The van der Waals surface area contributed by atoms with Gasteiger partial charge in [0.1, 0.15) is 0 Å². The van der Waals surface area contributed by atoms with E-state index < -0.39 is 6.10 Å². The van der Waals surface area contributed by atoms with Gasteiger partial charge in [-0.25, -0.2) is 0 Å². The number of hydrogen-bond donors (Lipinski definition) is 2. The second kappa shape index (κ2) is 5.13. The molecule has 0 saturated heterocycles. The number of hydrogen-bond acceptors (Lipinski definition) is 2. The van der Waals surface area contributed by atoms with Gasteiger partial charge in [-0.2, -0.15) is 0 Å². The van der Waals surface area contributed by atoms with Gasteiger partial charge in [0.25, 0.3) is 0 Å². The molecule has 0 aliphatic heterocycles. The molecule has 0 saturated carbocycles. The highest BCUT2D eigenvalue weighted by Crippen LogP contribution is 2.01. The number of amides is 1. The maximum absolute atomic E-state index is 10.6. The third-order valence-electron chi connectivity index (χ3n) is 1.71. The number of carbonyl (C=O) groups is 1. The van der Waals surface area contributed by atoms with Crippen molar-refractivity contribution in [3.8, 4) is 0 Å². The molecule has 0 aromatic carbocycles. The summed E-state index contributed by atoms with van der Waals surface area (Å²) in [7, 11) is 0. The van der Waals surface area contributed by atoms with E-state index in [4.69, 9.17) is 0 Å². The Labute approximate surface area is 67.8 Å². The summed E-state index contributed by atoms with van der Waals surface area (Å²) in [6.45, 7) is 5.31. The normalized spacial score (nSPS) is 15.6. The smallest absolute Gasteiger partial charge is 0.217 e. The molecule has 0 aromatic heterocycles. The summed E-state index contributed by atoms with van der Waals surface area (Å²) in [5, 5.41) is 12.0. The van der Waals surface area contributed by atoms with Crippen molar-refractivity contribution in [2.24, 2.45) is 0 Å². The lowest BCUT2D eigenvalue weighted by atomic mass is 10.1. The fourth-order valence-electron chi connectivity index (χ4n) is 1.02. The molecular weight excluding hydrogens is 142 g/mol. The van der Waals surface area contributed by atoms with Crippen LogP contribution < -0.4 is 5.32 Å². The van der Waals surface area contributed by atoms with Gasteiger partial charge in [-0.05, 0) is 12.8 Å². The molecular formula is C8H17NO2. The Morgan fingerprint density at radius 3 is 2.27 bits per heavy atom. The van der Waals surface area contributed by atoms with E-state index in [0.717, 1.165) is 6.42 Å². The predicted octanol–water partition coefficient (Wildman–Crippen LogP) is 0.672. The molecule has 0 aliphatic carbocycles. The third-order valence-corrected chi connectivity index (χ3v) is 1.71. The van der Waals surface area contributed by atoms with Crippen LogP contribution in [0.2, 0.25) is 0 Å². The van der Waals surface area contributed by atoms with E-state index >= 15 is 0 Å². The van der Waals surface area contributed by atoms with Gasteiger partial charge in [0.05, 0.1) is 12.1 Å². The zero-order chi connectivity index (χ0) is 8.85. The van der Waals surface area contributed by atoms with Crippen LogP contribution in [-0.4, -0.2) is 23.2 Å². The van der Waals surface area contributed by atoms with Crippen LogP contribution in [0.1, 0.15) is 33.6 Å². The van der Waals surface area contributed by atoms with Crippen LogP contribution in [0, 0.1) is 0 Å². The molecule has 3 nitrogen and oxygen atoms in total. The van der Waals surface area contributed by atoms with E-state index in [1.807, 2.05) is 13.8 Å². The molecule has 66 valence electrons. The van der Waals surface area contributed by atoms with Crippen molar-refractivity contribution < 1.29 is 9.90 Å². The first-order valence-electron chi connectivity index (χ1n) is 4.07. The maximum atomic E-state index is 10.6. The maximum Gasteiger partial charge on any atom is 0.217 e. The van der Waals surface area contributed by atoms with Gasteiger partial charge >= 0.3 is 0 Å². The van der Waals surface area contributed by atoms with Gasteiger partial charge in [0.2, 0.25) is 5.91 Å². The first kappa shape index (κ1) is 10.4. The molecule has 0 radical (unpaired) electrons. The van der Waals surface area contributed by atoms with Crippen LogP contribution in [0.3, 0.4) is 0 Å². The van der Waals surface area contributed by atoms with E-state index in [1.165, 1.54) is 6.92 Å². The Hall–Kier alpha value is -0.570. The Bertz CT molecular complexity index is 125. The summed E-state index contributed by atoms with van der Waals surface area (Å²) < 4.78 is 0. The molecule has 11 heavy (non-hydrogen) atoms. The SMILES string of the molecule is CCC(O)C(CC)NC(C)=O. The molecule has 1 amide bonds. The molecule has 3 heteroatoms. The Morgan fingerprint density at radius 2 is 2.00 bits per heavy atom. The van der Waals surface area contributed by atoms with E-state index in [9.17, 15) is 9.90 Å². The van der Waals surface area contributed by atoms with Crippen molar-refractivity contribution in [1.82, 2.24) is 5.32 Å². The summed E-state index contributed by atoms with van der Waals surface area (Å²) in [5.74, 6) is -0.0793. The molecule has 0 rings (SSSR count). The fourth-order valence-corrected chi connectivity index (χ4v) is 1.02. The van der Waals surface area contributed by atoms with Crippen molar-refractivity contribution >= 4 is 5.91 Å². The number of carbonyl (C=O) groups excluding carboxylic acids is 1. The molecule has 0 aliphatic rings. The minimum atomic E-state index is -0.413. The number of rotatable bonds is 4. The third kappa shape index (κ3) is 3.98.